The third kappa shape index (κ3) is 4.57. The molecule has 2 fully saturated rings. The van der Waals surface area contributed by atoms with Gasteiger partial charge in [0.2, 0.25) is 17.8 Å². The molecule has 7 heteroatoms. The van der Waals surface area contributed by atoms with Crippen molar-refractivity contribution in [1.29, 1.82) is 0 Å². The van der Waals surface area contributed by atoms with Gasteiger partial charge in [-0.2, -0.15) is 0 Å². The summed E-state index contributed by atoms with van der Waals surface area (Å²) in [6, 6.07) is 1.81. The highest BCUT2D eigenvalue weighted by molar-refractivity contribution is 5.81. The fourth-order valence-electron chi connectivity index (χ4n) is 4.22. The number of carbonyl (C=O) groups excluding carboxylic acids is 2. The van der Waals surface area contributed by atoms with Crippen LogP contribution in [0.5, 0.6) is 0 Å². The topological polar surface area (TPSA) is 69.6 Å². The number of aromatic nitrogens is 2. The summed E-state index contributed by atoms with van der Waals surface area (Å²) in [6.45, 7) is 8.56. The number of piperazine rings is 1. The molecule has 1 aromatic heterocycles. The van der Waals surface area contributed by atoms with E-state index in [9.17, 15) is 9.59 Å². The predicted molar refractivity (Wildman–Crippen MR) is 104 cm³/mol. The molecule has 3 rings (SSSR count). The summed E-state index contributed by atoms with van der Waals surface area (Å²) in [5.41, 5.74) is 0. The zero-order chi connectivity index (χ0) is 19.2. The van der Waals surface area contributed by atoms with Crippen molar-refractivity contribution in [2.45, 2.75) is 39.5 Å². The van der Waals surface area contributed by atoms with Crippen molar-refractivity contribution in [1.82, 2.24) is 19.8 Å². The minimum Gasteiger partial charge on any atom is -0.343 e. The van der Waals surface area contributed by atoms with E-state index in [1.165, 1.54) is 0 Å². The summed E-state index contributed by atoms with van der Waals surface area (Å²) in [6.07, 6.45) is 6.83. The van der Waals surface area contributed by atoms with Gasteiger partial charge in [0.25, 0.3) is 0 Å². The molecule has 2 aliphatic rings. The van der Waals surface area contributed by atoms with Gasteiger partial charge >= 0.3 is 0 Å². The van der Waals surface area contributed by atoms with Gasteiger partial charge in [0, 0.05) is 63.5 Å². The SMILES string of the molecule is CCN(CC)C(=O)C1CCC(C(=O)N2CCN(c3ncccn3)CC2)CC1. The molecule has 0 radical (unpaired) electrons. The zero-order valence-corrected chi connectivity index (χ0v) is 16.5. The molecule has 0 aromatic carbocycles. The summed E-state index contributed by atoms with van der Waals surface area (Å²) in [4.78, 5) is 40.0. The van der Waals surface area contributed by atoms with E-state index in [0.717, 1.165) is 70.9 Å². The van der Waals surface area contributed by atoms with Crippen molar-refractivity contribution in [2.24, 2.45) is 11.8 Å². The smallest absolute Gasteiger partial charge is 0.225 e. The number of hydrogen-bond acceptors (Lipinski definition) is 5. The molecule has 2 heterocycles. The first kappa shape index (κ1) is 19.6. The maximum absolute atomic E-state index is 12.9. The summed E-state index contributed by atoms with van der Waals surface area (Å²) in [5.74, 6) is 1.44. The lowest BCUT2D eigenvalue weighted by Crippen LogP contribution is -2.51. The number of anilines is 1. The molecule has 1 saturated carbocycles. The number of rotatable bonds is 5. The Bertz CT molecular complexity index is 619. The maximum Gasteiger partial charge on any atom is 0.225 e. The van der Waals surface area contributed by atoms with Gasteiger partial charge in [-0.3, -0.25) is 9.59 Å². The first-order valence-electron chi connectivity index (χ1n) is 10.2. The van der Waals surface area contributed by atoms with Crippen molar-refractivity contribution < 1.29 is 9.59 Å². The van der Waals surface area contributed by atoms with Crippen molar-refractivity contribution >= 4 is 17.8 Å². The molecule has 27 heavy (non-hydrogen) atoms. The van der Waals surface area contributed by atoms with Gasteiger partial charge in [-0.15, -0.1) is 0 Å². The van der Waals surface area contributed by atoms with E-state index < -0.39 is 0 Å². The zero-order valence-electron chi connectivity index (χ0n) is 16.5. The molecular weight excluding hydrogens is 342 g/mol. The lowest BCUT2D eigenvalue weighted by Gasteiger charge is -2.38. The van der Waals surface area contributed by atoms with Gasteiger partial charge in [-0.25, -0.2) is 9.97 Å². The summed E-state index contributed by atoms with van der Waals surface area (Å²) in [7, 11) is 0. The van der Waals surface area contributed by atoms with Crippen molar-refractivity contribution in [3.8, 4) is 0 Å². The minimum absolute atomic E-state index is 0.0743. The Labute approximate surface area is 161 Å². The van der Waals surface area contributed by atoms with E-state index in [4.69, 9.17) is 0 Å². The first-order chi connectivity index (χ1) is 13.1. The molecule has 0 atom stereocenters. The quantitative estimate of drug-likeness (QED) is 0.787. The van der Waals surface area contributed by atoms with Crippen molar-refractivity contribution in [2.75, 3.05) is 44.2 Å². The molecular formula is C20H31N5O2. The highest BCUT2D eigenvalue weighted by atomic mass is 16.2. The summed E-state index contributed by atoms with van der Waals surface area (Å²) >= 11 is 0. The van der Waals surface area contributed by atoms with Gasteiger partial charge in [-0.1, -0.05) is 0 Å². The van der Waals surface area contributed by atoms with Crippen LogP contribution in [-0.2, 0) is 9.59 Å². The average molecular weight is 374 g/mol. The Balaban J connectivity index is 1.47. The Morgan fingerprint density at radius 1 is 0.963 bits per heavy atom. The Morgan fingerprint density at radius 3 is 2.07 bits per heavy atom. The molecule has 1 saturated heterocycles. The van der Waals surface area contributed by atoms with Gasteiger partial charge in [0.1, 0.15) is 0 Å². The second kappa shape index (κ2) is 9.15. The number of amides is 2. The van der Waals surface area contributed by atoms with Crippen LogP contribution in [0.4, 0.5) is 5.95 Å². The normalized spacial score (nSPS) is 23.2. The molecule has 2 amide bonds. The molecule has 0 N–H and O–H groups in total. The van der Waals surface area contributed by atoms with Crippen molar-refractivity contribution in [3.05, 3.63) is 18.5 Å². The van der Waals surface area contributed by atoms with Crippen molar-refractivity contribution in [3.63, 3.8) is 0 Å². The van der Waals surface area contributed by atoms with Crippen LogP contribution in [0.25, 0.3) is 0 Å². The van der Waals surface area contributed by atoms with Gasteiger partial charge in [0.05, 0.1) is 0 Å². The maximum atomic E-state index is 12.9. The number of nitrogens with zero attached hydrogens (tertiary/aromatic N) is 5. The lowest BCUT2D eigenvalue weighted by molar-refractivity contribution is -0.141. The molecule has 0 spiro atoms. The molecule has 7 nitrogen and oxygen atoms in total. The monoisotopic (exact) mass is 373 g/mol. The van der Waals surface area contributed by atoms with Gasteiger partial charge < -0.3 is 14.7 Å². The Morgan fingerprint density at radius 2 is 1.52 bits per heavy atom. The van der Waals surface area contributed by atoms with E-state index in [-0.39, 0.29) is 23.7 Å². The first-order valence-corrected chi connectivity index (χ1v) is 10.2. The third-order valence-electron chi connectivity index (χ3n) is 5.93. The molecule has 148 valence electrons. The van der Waals surface area contributed by atoms with Crippen LogP contribution in [-0.4, -0.2) is 70.9 Å². The second-order valence-corrected chi connectivity index (χ2v) is 7.42. The van der Waals surface area contributed by atoms with Crippen LogP contribution >= 0.6 is 0 Å². The van der Waals surface area contributed by atoms with E-state index in [2.05, 4.69) is 14.9 Å². The second-order valence-electron chi connectivity index (χ2n) is 7.42. The third-order valence-corrected chi connectivity index (χ3v) is 5.93. The van der Waals surface area contributed by atoms with E-state index in [1.54, 1.807) is 12.4 Å². The molecule has 1 aromatic rings. The van der Waals surface area contributed by atoms with Gasteiger partial charge in [-0.05, 0) is 45.6 Å². The van der Waals surface area contributed by atoms with Crippen LogP contribution in [0, 0.1) is 11.8 Å². The van der Waals surface area contributed by atoms with Crippen LogP contribution in [0.15, 0.2) is 18.5 Å². The van der Waals surface area contributed by atoms with E-state index in [1.807, 2.05) is 29.7 Å². The van der Waals surface area contributed by atoms with Crippen LogP contribution in [0.3, 0.4) is 0 Å². The van der Waals surface area contributed by atoms with Crippen LogP contribution < -0.4 is 4.90 Å². The van der Waals surface area contributed by atoms with E-state index >= 15 is 0 Å². The van der Waals surface area contributed by atoms with Crippen LogP contribution in [0.2, 0.25) is 0 Å². The minimum atomic E-state index is 0.0743. The summed E-state index contributed by atoms with van der Waals surface area (Å²) < 4.78 is 0. The Kier molecular flexibility index (Phi) is 6.63. The van der Waals surface area contributed by atoms with Gasteiger partial charge in [0.15, 0.2) is 0 Å². The molecule has 0 unspecified atom stereocenters. The standard InChI is InChI=1S/C20H31N5O2/c1-3-23(4-2)18(26)16-6-8-17(9-7-16)19(27)24-12-14-25(15-13-24)20-21-10-5-11-22-20/h5,10-11,16-17H,3-4,6-9,12-15H2,1-2H3. The lowest BCUT2D eigenvalue weighted by atomic mass is 9.80. The predicted octanol–water partition coefficient (Wildman–Crippen LogP) is 1.80. The highest BCUT2D eigenvalue weighted by Gasteiger charge is 2.34. The molecule has 0 bridgehead atoms. The molecule has 1 aliphatic heterocycles. The van der Waals surface area contributed by atoms with E-state index in [0.29, 0.717) is 0 Å². The number of hydrogen-bond donors (Lipinski definition) is 0. The summed E-state index contributed by atoms with van der Waals surface area (Å²) in [5, 5.41) is 0. The Hall–Kier alpha value is -2.18. The number of carbonyl (C=O) groups is 2. The average Bonchev–Trinajstić information content (AvgIpc) is 2.75. The fourth-order valence-corrected chi connectivity index (χ4v) is 4.22. The molecule has 1 aliphatic carbocycles. The largest absolute Gasteiger partial charge is 0.343 e. The highest BCUT2D eigenvalue weighted by Crippen LogP contribution is 2.31. The fraction of sp³-hybridized carbons (Fsp3) is 0.700. The van der Waals surface area contributed by atoms with Crippen LogP contribution in [0.1, 0.15) is 39.5 Å².